The van der Waals surface area contributed by atoms with Gasteiger partial charge in [0.1, 0.15) is 0 Å². The van der Waals surface area contributed by atoms with Gasteiger partial charge in [0.15, 0.2) is 17.4 Å². The van der Waals surface area contributed by atoms with Crippen LogP contribution in [0.1, 0.15) is 16.2 Å². The number of hydrogen-bond acceptors (Lipinski definition) is 7. The Bertz CT molecular complexity index is 943. The summed E-state index contributed by atoms with van der Waals surface area (Å²) in [7, 11) is 0. The number of nitrogens with one attached hydrogen (secondary N) is 1. The average Bonchev–Trinajstić information content (AvgIpc) is 3.09. The number of nitrogens with zero attached hydrogens (tertiary/aromatic N) is 3. The number of aromatic nitrogens is 3. The summed E-state index contributed by atoms with van der Waals surface area (Å²) in [5, 5.41) is 4.87. The molecule has 7 nitrogen and oxygen atoms in total. The highest BCUT2D eigenvalue weighted by molar-refractivity contribution is 9.10. The lowest BCUT2D eigenvalue weighted by molar-refractivity contribution is -0.119. The summed E-state index contributed by atoms with van der Waals surface area (Å²) in [5.74, 6) is -1.19. The summed E-state index contributed by atoms with van der Waals surface area (Å²) in [4.78, 5) is 36.0. The summed E-state index contributed by atoms with van der Waals surface area (Å²) in [6.07, 6.45) is 2.76. The quantitative estimate of drug-likeness (QED) is 0.620. The molecule has 9 heteroatoms. The van der Waals surface area contributed by atoms with E-state index in [9.17, 15) is 9.59 Å². The van der Waals surface area contributed by atoms with E-state index in [1.54, 1.807) is 6.92 Å². The summed E-state index contributed by atoms with van der Waals surface area (Å²) in [6.45, 7) is 1.33. The maximum absolute atomic E-state index is 11.9. The predicted octanol–water partition coefficient (Wildman–Crippen LogP) is 3.47. The zero-order valence-corrected chi connectivity index (χ0v) is 16.0. The van der Waals surface area contributed by atoms with E-state index < -0.39 is 18.5 Å². The third-order valence-electron chi connectivity index (χ3n) is 3.20. The third-order valence-corrected chi connectivity index (χ3v) is 4.45. The van der Waals surface area contributed by atoms with Crippen molar-refractivity contribution in [2.24, 2.45) is 0 Å². The van der Waals surface area contributed by atoms with Crippen molar-refractivity contribution in [3.8, 4) is 11.3 Å². The molecule has 3 rings (SSSR count). The molecule has 0 bridgehead atoms. The molecule has 1 amide bonds. The monoisotopic (exact) mass is 432 g/mol. The molecule has 0 radical (unpaired) electrons. The number of rotatable bonds is 5. The highest BCUT2D eigenvalue weighted by Gasteiger charge is 2.13. The zero-order valence-electron chi connectivity index (χ0n) is 13.6. The van der Waals surface area contributed by atoms with Gasteiger partial charge in [-0.2, -0.15) is 0 Å². The van der Waals surface area contributed by atoms with Crippen molar-refractivity contribution < 1.29 is 14.3 Å². The van der Waals surface area contributed by atoms with Crippen LogP contribution in [0.15, 0.2) is 46.5 Å². The Balaban J connectivity index is 1.55. The molecule has 0 atom stereocenters. The normalized spacial score (nSPS) is 10.4. The van der Waals surface area contributed by atoms with Gasteiger partial charge in [0.25, 0.3) is 5.91 Å². The fourth-order valence-corrected chi connectivity index (χ4v) is 3.11. The number of anilines is 1. The first kappa shape index (κ1) is 18.2. The van der Waals surface area contributed by atoms with Crippen LogP contribution in [0.2, 0.25) is 0 Å². The Morgan fingerprint density at radius 2 is 2.12 bits per heavy atom. The Morgan fingerprint density at radius 1 is 1.27 bits per heavy atom. The number of carbonyl (C=O) groups is 2. The van der Waals surface area contributed by atoms with Crippen LogP contribution in [0, 0.1) is 6.92 Å². The SMILES string of the molecule is Cc1cnc(C(=O)OCC(=O)Nc2nc(-c3cccc(Br)c3)cs2)cn1. The molecule has 0 spiro atoms. The maximum Gasteiger partial charge on any atom is 0.359 e. The highest BCUT2D eigenvalue weighted by Crippen LogP contribution is 2.26. The van der Waals surface area contributed by atoms with Crippen LogP contribution in [0.5, 0.6) is 0 Å². The van der Waals surface area contributed by atoms with Crippen molar-refractivity contribution in [3.63, 3.8) is 0 Å². The molecular formula is C17H13BrN4O3S. The van der Waals surface area contributed by atoms with E-state index in [0.717, 1.165) is 15.7 Å². The van der Waals surface area contributed by atoms with Gasteiger partial charge < -0.3 is 4.74 Å². The minimum absolute atomic E-state index is 0.0505. The molecule has 2 aromatic heterocycles. The number of halogens is 1. The van der Waals surface area contributed by atoms with Crippen LogP contribution in [-0.4, -0.2) is 33.4 Å². The van der Waals surface area contributed by atoms with Gasteiger partial charge in [0, 0.05) is 21.6 Å². The van der Waals surface area contributed by atoms with E-state index in [1.165, 1.54) is 23.7 Å². The Hall–Kier alpha value is -2.65. The standard InChI is InChI=1S/C17H13BrN4O3S/c1-10-6-20-13(7-19-10)16(24)25-8-15(23)22-17-21-14(9-26-17)11-3-2-4-12(18)5-11/h2-7,9H,8H2,1H3,(H,21,22,23). The molecule has 2 heterocycles. The van der Waals surface area contributed by atoms with Crippen molar-refractivity contribution in [3.05, 3.63) is 57.9 Å². The number of carbonyl (C=O) groups excluding carboxylic acids is 2. The molecule has 3 aromatic rings. The lowest BCUT2D eigenvalue weighted by Gasteiger charge is -2.04. The molecule has 0 aliphatic rings. The van der Waals surface area contributed by atoms with Gasteiger partial charge >= 0.3 is 5.97 Å². The second-order valence-corrected chi connectivity index (χ2v) is 6.99. The Kier molecular flexibility index (Phi) is 5.69. The lowest BCUT2D eigenvalue weighted by Crippen LogP contribution is -2.21. The fourth-order valence-electron chi connectivity index (χ4n) is 1.97. The van der Waals surface area contributed by atoms with Gasteiger partial charge in [0.2, 0.25) is 0 Å². The van der Waals surface area contributed by atoms with Gasteiger partial charge in [-0.05, 0) is 19.1 Å². The summed E-state index contributed by atoms with van der Waals surface area (Å²) in [5.41, 5.74) is 2.41. The van der Waals surface area contributed by atoms with Crippen LogP contribution < -0.4 is 5.32 Å². The van der Waals surface area contributed by atoms with Crippen molar-refractivity contribution in [1.82, 2.24) is 15.0 Å². The van der Waals surface area contributed by atoms with E-state index >= 15 is 0 Å². The molecule has 26 heavy (non-hydrogen) atoms. The summed E-state index contributed by atoms with van der Waals surface area (Å²) in [6, 6.07) is 7.69. The van der Waals surface area contributed by atoms with Crippen molar-refractivity contribution >= 4 is 44.3 Å². The molecule has 1 aromatic carbocycles. The number of ether oxygens (including phenoxy) is 1. The second-order valence-electron chi connectivity index (χ2n) is 5.22. The average molecular weight is 433 g/mol. The van der Waals surface area contributed by atoms with Crippen LogP contribution in [0.4, 0.5) is 5.13 Å². The van der Waals surface area contributed by atoms with Crippen molar-refractivity contribution in [2.45, 2.75) is 6.92 Å². The third kappa shape index (κ3) is 4.70. The second kappa shape index (κ2) is 8.15. The molecule has 1 N–H and O–H groups in total. The summed E-state index contributed by atoms with van der Waals surface area (Å²) < 4.78 is 5.87. The van der Waals surface area contributed by atoms with Crippen molar-refractivity contribution in [2.75, 3.05) is 11.9 Å². The Morgan fingerprint density at radius 3 is 2.85 bits per heavy atom. The van der Waals surface area contributed by atoms with E-state index in [-0.39, 0.29) is 5.69 Å². The molecule has 0 fully saturated rings. The first-order valence-corrected chi connectivity index (χ1v) is 9.15. The molecular weight excluding hydrogens is 420 g/mol. The lowest BCUT2D eigenvalue weighted by atomic mass is 10.2. The topological polar surface area (TPSA) is 94.1 Å². The van der Waals surface area contributed by atoms with E-state index in [4.69, 9.17) is 4.74 Å². The minimum atomic E-state index is -0.707. The Labute approximate surface area is 161 Å². The molecule has 0 saturated carbocycles. The highest BCUT2D eigenvalue weighted by atomic mass is 79.9. The van der Waals surface area contributed by atoms with Gasteiger partial charge in [-0.1, -0.05) is 28.1 Å². The van der Waals surface area contributed by atoms with E-state index in [2.05, 4.69) is 36.2 Å². The number of hydrogen-bond donors (Lipinski definition) is 1. The van der Waals surface area contributed by atoms with Crippen LogP contribution in [0.25, 0.3) is 11.3 Å². The molecule has 0 saturated heterocycles. The number of esters is 1. The van der Waals surface area contributed by atoms with Gasteiger partial charge in [-0.15, -0.1) is 11.3 Å². The summed E-state index contributed by atoms with van der Waals surface area (Å²) >= 11 is 4.70. The van der Waals surface area contributed by atoms with Crippen LogP contribution in [0.3, 0.4) is 0 Å². The first-order chi connectivity index (χ1) is 12.5. The zero-order chi connectivity index (χ0) is 18.5. The molecule has 0 unspecified atom stereocenters. The van der Waals surface area contributed by atoms with Gasteiger partial charge in [-0.3, -0.25) is 15.1 Å². The minimum Gasteiger partial charge on any atom is -0.451 e. The van der Waals surface area contributed by atoms with Crippen molar-refractivity contribution in [1.29, 1.82) is 0 Å². The predicted molar refractivity (Wildman–Crippen MR) is 101 cm³/mol. The van der Waals surface area contributed by atoms with Crippen LogP contribution in [-0.2, 0) is 9.53 Å². The molecule has 132 valence electrons. The van der Waals surface area contributed by atoms with Crippen LogP contribution >= 0.6 is 27.3 Å². The van der Waals surface area contributed by atoms with Gasteiger partial charge in [-0.25, -0.2) is 14.8 Å². The number of thiazole rings is 1. The van der Waals surface area contributed by atoms with Gasteiger partial charge in [0.05, 0.1) is 17.6 Å². The smallest absolute Gasteiger partial charge is 0.359 e. The number of benzene rings is 1. The molecule has 0 aliphatic carbocycles. The molecule has 0 aliphatic heterocycles. The number of amides is 1. The van der Waals surface area contributed by atoms with E-state index in [0.29, 0.717) is 10.8 Å². The first-order valence-electron chi connectivity index (χ1n) is 7.48. The fraction of sp³-hybridized carbons (Fsp3) is 0.118. The van der Waals surface area contributed by atoms with E-state index in [1.807, 2.05) is 29.6 Å². The maximum atomic E-state index is 11.9. The number of aryl methyl sites for hydroxylation is 1. The largest absolute Gasteiger partial charge is 0.451 e.